The Morgan fingerprint density at radius 2 is 2.00 bits per heavy atom. The maximum Gasteiger partial charge on any atom is 0.153 e. The fourth-order valence-corrected chi connectivity index (χ4v) is 2.34. The van der Waals surface area contributed by atoms with Crippen molar-refractivity contribution in [2.45, 2.75) is 0 Å². The van der Waals surface area contributed by atoms with Gasteiger partial charge in [0.15, 0.2) is 5.84 Å². The number of hydrogen-bond acceptors (Lipinski definition) is 3. The largest absolute Gasteiger partial charge is 0.279 e. The summed E-state index contributed by atoms with van der Waals surface area (Å²) in [6.45, 7) is 0.370. The van der Waals surface area contributed by atoms with E-state index in [9.17, 15) is 4.39 Å². The molecule has 0 atom stereocenters. The highest BCUT2D eigenvalue weighted by Crippen LogP contribution is 2.22. The Morgan fingerprint density at radius 3 is 2.67 bits per heavy atom. The summed E-state index contributed by atoms with van der Waals surface area (Å²) in [5.41, 5.74) is 5.02. The number of hydrazine groups is 1. The molecule has 0 aliphatic carbocycles. The van der Waals surface area contributed by atoms with E-state index in [1.54, 1.807) is 17.1 Å². The van der Waals surface area contributed by atoms with Crippen LogP contribution in [0.15, 0.2) is 47.5 Å². The Morgan fingerprint density at radius 1 is 1.24 bits per heavy atom. The van der Waals surface area contributed by atoms with Crippen molar-refractivity contribution in [1.29, 1.82) is 0 Å². The van der Waals surface area contributed by atoms with Crippen molar-refractivity contribution in [3.63, 3.8) is 0 Å². The van der Waals surface area contributed by atoms with E-state index in [1.807, 2.05) is 24.3 Å². The van der Waals surface area contributed by atoms with Gasteiger partial charge in [0.25, 0.3) is 0 Å². The average Bonchev–Trinajstić information content (AvgIpc) is 2.97. The first-order valence-electron chi connectivity index (χ1n) is 6.29. The molecule has 2 aromatic rings. The van der Waals surface area contributed by atoms with Crippen LogP contribution in [0.25, 0.3) is 0 Å². The van der Waals surface area contributed by atoms with Crippen LogP contribution in [0.3, 0.4) is 0 Å². The standard InChI is InChI=1S/C16H11ClFN3/c1-2-11-6-8-12(9-7-11)21-10-19-16(20-21)15-13(17)4-3-5-14(15)18/h1,3-9H,10H2,(H,19,20). The third-order valence-corrected chi connectivity index (χ3v) is 3.47. The van der Waals surface area contributed by atoms with Crippen LogP contribution in [0.5, 0.6) is 0 Å². The summed E-state index contributed by atoms with van der Waals surface area (Å²) in [4.78, 5) is 4.29. The molecule has 0 amide bonds. The molecular weight excluding hydrogens is 289 g/mol. The summed E-state index contributed by atoms with van der Waals surface area (Å²) < 4.78 is 13.9. The van der Waals surface area contributed by atoms with Gasteiger partial charge >= 0.3 is 0 Å². The van der Waals surface area contributed by atoms with Crippen molar-refractivity contribution in [2.24, 2.45) is 4.99 Å². The number of halogens is 2. The zero-order valence-electron chi connectivity index (χ0n) is 11.0. The van der Waals surface area contributed by atoms with Gasteiger partial charge in [-0.2, -0.15) is 0 Å². The summed E-state index contributed by atoms with van der Waals surface area (Å²) in [5, 5.41) is 2.11. The molecule has 0 fully saturated rings. The first-order valence-corrected chi connectivity index (χ1v) is 6.66. The van der Waals surface area contributed by atoms with Crippen molar-refractivity contribution in [3.8, 4) is 12.3 Å². The smallest absolute Gasteiger partial charge is 0.153 e. The molecule has 0 aromatic heterocycles. The molecule has 0 unspecified atom stereocenters. The molecule has 0 radical (unpaired) electrons. The quantitative estimate of drug-likeness (QED) is 0.863. The molecule has 104 valence electrons. The van der Waals surface area contributed by atoms with Crippen LogP contribution in [0.2, 0.25) is 5.02 Å². The summed E-state index contributed by atoms with van der Waals surface area (Å²) >= 11 is 6.04. The van der Waals surface area contributed by atoms with Gasteiger partial charge < -0.3 is 0 Å². The number of rotatable bonds is 2. The van der Waals surface area contributed by atoms with Crippen molar-refractivity contribution in [2.75, 3.05) is 11.7 Å². The van der Waals surface area contributed by atoms with Crippen LogP contribution in [0.4, 0.5) is 10.1 Å². The minimum absolute atomic E-state index is 0.280. The third-order valence-electron chi connectivity index (χ3n) is 3.16. The van der Waals surface area contributed by atoms with Gasteiger partial charge in [-0.25, -0.2) is 9.38 Å². The van der Waals surface area contributed by atoms with Crippen molar-refractivity contribution >= 4 is 23.1 Å². The van der Waals surface area contributed by atoms with E-state index < -0.39 is 5.82 Å². The highest BCUT2D eigenvalue weighted by molar-refractivity contribution is 6.34. The van der Waals surface area contributed by atoms with Crippen LogP contribution in [0, 0.1) is 18.2 Å². The summed E-state index contributed by atoms with van der Waals surface area (Å²) in [5.74, 6) is 2.57. The van der Waals surface area contributed by atoms with Gasteiger partial charge in [-0.15, -0.1) is 6.42 Å². The van der Waals surface area contributed by atoms with Crippen LogP contribution < -0.4 is 10.4 Å². The minimum atomic E-state index is -0.404. The van der Waals surface area contributed by atoms with E-state index in [-0.39, 0.29) is 5.56 Å². The van der Waals surface area contributed by atoms with Crippen LogP contribution in [-0.4, -0.2) is 12.5 Å². The van der Waals surface area contributed by atoms with Gasteiger partial charge in [0.2, 0.25) is 0 Å². The Balaban J connectivity index is 1.83. The molecular formula is C16H11ClFN3. The molecule has 2 aromatic carbocycles. The molecule has 0 saturated carbocycles. The molecule has 1 aliphatic rings. The topological polar surface area (TPSA) is 27.6 Å². The first kappa shape index (κ1) is 13.5. The first-order chi connectivity index (χ1) is 10.2. The highest BCUT2D eigenvalue weighted by atomic mass is 35.5. The van der Waals surface area contributed by atoms with E-state index in [0.29, 0.717) is 17.5 Å². The summed E-state index contributed by atoms with van der Waals surface area (Å²) in [6, 6.07) is 12.0. The second-order valence-corrected chi connectivity index (χ2v) is 4.88. The number of benzene rings is 2. The maximum absolute atomic E-state index is 13.9. The molecule has 3 rings (SSSR count). The lowest BCUT2D eigenvalue weighted by Crippen LogP contribution is -2.36. The van der Waals surface area contributed by atoms with E-state index in [2.05, 4.69) is 16.3 Å². The Labute approximate surface area is 127 Å². The molecule has 5 heteroatoms. The number of aliphatic imine (C=N–C) groups is 1. The van der Waals surface area contributed by atoms with Gasteiger partial charge in [-0.05, 0) is 36.4 Å². The monoisotopic (exact) mass is 299 g/mol. The lowest BCUT2D eigenvalue weighted by atomic mass is 10.2. The number of anilines is 1. The van der Waals surface area contributed by atoms with Crippen LogP contribution >= 0.6 is 11.6 Å². The molecule has 1 heterocycles. The molecule has 21 heavy (non-hydrogen) atoms. The second-order valence-electron chi connectivity index (χ2n) is 4.48. The molecule has 0 spiro atoms. The number of nitrogens with one attached hydrogen (secondary N) is 1. The minimum Gasteiger partial charge on any atom is -0.279 e. The molecule has 3 nitrogen and oxygen atoms in total. The third kappa shape index (κ3) is 2.56. The lowest BCUT2D eigenvalue weighted by molar-refractivity contribution is 0.624. The van der Waals surface area contributed by atoms with Crippen molar-refractivity contribution in [3.05, 3.63) is 64.4 Å². The van der Waals surface area contributed by atoms with E-state index in [1.165, 1.54) is 6.07 Å². The highest BCUT2D eigenvalue weighted by Gasteiger charge is 2.21. The van der Waals surface area contributed by atoms with Gasteiger partial charge in [0.05, 0.1) is 16.3 Å². The average molecular weight is 300 g/mol. The van der Waals surface area contributed by atoms with Crippen molar-refractivity contribution in [1.82, 2.24) is 5.43 Å². The number of nitrogens with zero attached hydrogens (tertiary/aromatic N) is 2. The zero-order chi connectivity index (χ0) is 14.8. The van der Waals surface area contributed by atoms with E-state index in [0.717, 1.165) is 11.3 Å². The van der Waals surface area contributed by atoms with Gasteiger partial charge in [0, 0.05) is 5.56 Å². The van der Waals surface area contributed by atoms with Crippen LogP contribution in [-0.2, 0) is 0 Å². The zero-order valence-corrected chi connectivity index (χ0v) is 11.7. The Kier molecular flexibility index (Phi) is 3.51. The van der Waals surface area contributed by atoms with Gasteiger partial charge in [-0.1, -0.05) is 23.6 Å². The summed E-state index contributed by atoms with van der Waals surface area (Å²) in [7, 11) is 0. The number of hydrogen-bond donors (Lipinski definition) is 1. The second kappa shape index (κ2) is 5.47. The van der Waals surface area contributed by atoms with E-state index in [4.69, 9.17) is 18.0 Å². The Bertz CT molecular complexity index is 727. The maximum atomic E-state index is 13.9. The molecule has 0 bridgehead atoms. The predicted molar refractivity (Wildman–Crippen MR) is 82.8 cm³/mol. The number of amidine groups is 1. The molecule has 0 saturated heterocycles. The SMILES string of the molecule is C#Cc1ccc(N2CN=C(c3c(F)cccc3Cl)N2)cc1. The fourth-order valence-electron chi connectivity index (χ4n) is 2.08. The normalized spacial score (nSPS) is 13.6. The predicted octanol–water partition coefficient (Wildman–Crippen LogP) is 3.19. The van der Waals surface area contributed by atoms with Gasteiger partial charge in [-0.3, -0.25) is 10.4 Å². The summed E-state index contributed by atoms with van der Waals surface area (Å²) in [6.07, 6.45) is 5.33. The van der Waals surface area contributed by atoms with E-state index >= 15 is 0 Å². The number of terminal acetylenes is 1. The van der Waals surface area contributed by atoms with Crippen LogP contribution in [0.1, 0.15) is 11.1 Å². The Hall–Kier alpha value is -2.51. The fraction of sp³-hybridized carbons (Fsp3) is 0.0625. The van der Waals surface area contributed by atoms with Gasteiger partial charge in [0.1, 0.15) is 12.5 Å². The molecule has 1 aliphatic heterocycles. The lowest BCUT2D eigenvalue weighted by Gasteiger charge is -2.19. The van der Waals surface area contributed by atoms with Crippen molar-refractivity contribution < 1.29 is 4.39 Å². The molecule has 1 N–H and O–H groups in total.